The molecule has 0 aliphatic rings. The summed E-state index contributed by atoms with van der Waals surface area (Å²) in [5.41, 5.74) is 2.69. The van der Waals surface area contributed by atoms with Crippen molar-refractivity contribution in [2.75, 3.05) is 0 Å². The second-order valence-electron chi connectivity index (χ2n) is 3.73. The summed E-state index contributed by atoms with van der Waals surface area (Å²) in [4.78, 5) is 32.0. The third kappa shape index (κ3) is 31.9. The molecule has 0 spiro atoms. The first-order chi connectivity index (χ1) is 8.46. The summed E-state index contributed by atoms with van der Waals surface area (Å²) < 4.78 is 0. The van der Waals surface area contributed by atoms with Gasteiger partial charge in [-0.05, 0) is 17.0 Å². The Morgan fingerprint density at radius 3 is 0.632 bits per heavy atom. The van der Waals surface area contributed by atoms with Crippen LogP contribution in [0.3, 0.4) is 0 Å². The molecule has 0 aliphatic heterocycles. The maximum absolute atomic E-state index is 8.00. The molecular weight excluding hydrogens is 352 g/mol. The van der Waals surface area contributed by atoms with Crippen molar-refractivity contribution in [3.63, 3.8) is 0 Å². The Kier molecular flexibility index (Phi) is 69.0. The zero-order valence-corrected chi connectivity index (χ0v) is 15.6. The van der Waals surface area contributed by atoms with Crippen LogP contribution in [0.4, 0.5) is 0 Å². The Hall–Kier alpha value is -0.267. The molecule has 0 radical (unpaired) electrons. The van der Waals surface area contributed by atoms with E-state index < -0.39 is 0 Å². The molecule has 0 aliphatic carbocycles. The standard InChI is InChI=1S/C9H21P.4CH2O.Ru/c1-7(2)10(8(3)4)9(5)6;4*1-2;/h7-9H,1-6H3;4*1H2;. The first-order valence-electron chi connectivity index (χ1n) is 5.39. The maximum atomic E-state index is 8.00. The summed E-state index contributed by atoms with van der Waals surface area (Å²) in [6.07, 6.45) is 0. The molecule has 118 valence electrons. The van der Waals surface area contributed by atoms with E-state index in [9.17, 15) is 0 Å². The van der Waals surface area contributed by atoms with Crippen LogP contribution in [0.25, 0.3) is 0 Å². The van der Waals surface area contributed by atoms with Gasteiger partial charge in [-0.25, -0.2) is 0 Å². The molecule has 0 aromatic rings. The third-order valence-corrected chi connectivity index (χ3v) is 5.37. The fourth-order valence-electron chi connectivity index (χ4n) is 1.79. The monoisotopic (exact) mass is 382 g/mol. The summed E-state index contributed by atoms with van der Waals surface area (Å²) in [7, 11) is 0.262. The Morgan fingerprint density at radius 2 is 0.632 bits per heavy atom. The van der Waals surface area contributed by atoms with Gasteiger partial charge in [0.1, 0.15) is 27.2 Å². The maximum Gasteiger partial charge on any atom is 0.106 e. The van der Waals surface area contributed by atoms with Crippen LogP contribution in [-0.2, 0) is 38.7 Å². The van der Waals surface area contributed by atoms with Crippen molar-refractivity contribution >= 4 is 35.1 Å². The van der Waals surface area contributed by atoms with Crippen LogP contribution in [-0.4, -0.2) is 44.1 Å². The minimum Gasteiger partial charge on any atom is -0.307 e. The van der Waals surface area contributed by atoms with Crippen LogP contribution in [0.1, 0.15) is 41.5 Å². The van der Waals surface area contributed by atoms with E-state index >= 15 is 0 Å². The molecule has 0 aromatic heterocycles. The second-order valence-corrected chi connectivity index (χ2v) is 7.72. The van der Waals surface area contributed by atoms with Crippen LogP contribution < -0.4 is 0 Å². The minimum atomic E-state index is 0. The van der Waals surface area contributed by atoms with Crippen molar-refractivity contribution in [2.45, 2.75) is 58.5 Å². The molecule has 0 unspecified atom stereocenters. The number of rotatable bonds is 3. The molecule has 4 nitrogen and oxygen atoms in total. The van der Waals surface area contributed by atoms with Gasteiger partial charge in [0.25, 0.3) is 0 Å². The average Bonchev–Trinajstić information content (AvgIpc) is 2.37. The van der Waals surface area contributed by atoms with Crippen LogP contribution in [0.15, 0.2) is 0 Å². The second kappa shape index (κ2) is 36.1. The van der Waals surface area contributed by atoms with Gasteiger partial charge in [0.15, 0.2) is 0 Å². The van der Waals surface area contributed by atoms with E-state index in [1.807, 2.05) is 27.2 Å². The van der Waals surface area contributed by atoms with Gasteiger partial charge in [0, 0.05) is 19.5 Å². The molecular formula is C13H29O4PRu. The molecule has 0 bridgehead atoms. The number of carbonyl (C=O) groups excluding carboxylic acids is 4. The van der Waals surface area contributed by atoms with Gasteiger partial charge in [-0.1, -0.05) is 49.5 Å². The first-order valence-corrected chi connectivity index (χ1v) is 6.94. The molecule has 0 rings (SSSR count). The Labute approximate surface area is 132 Å². The van der Waals surface area contributed by atoms with Gasteiger partial charge < -0.3 is 19.2 Å². The summed E-state index contributed by atoms with van der Waals surface area (Å²) in [6.45, 7) is 22.1. The molecule has 0 fully saturated rings. The fourth-order valence-corrected chi connectivity index (χ4v) is 5.37. The van der Waals surface area contributed by atoms with Crippen molar-refractivity contribution < 1.29 is 38.7 Å². The van der Waals surface area contributed by atoms with E-state index in [2.05, 4.69) is 41.5 Å². The van der Waals surface area contributed by atoms with E-state index in [4.69, 9.17) is 19.2 Å². The Morgan fingerprint density at radius 1 is 0.526 bits per heavy atom. The largest absolute Gasteiger partial charge is 0.307 e. The van der Waals surface area contributed by atoms with E-state index in [0.29, 0.717) is 0 Å². The molecule has 0 heterocycles. The molecule has 19 heavy (non-hydrogen) atoms. The SMILES string of the molecule is C=O.C=O.C=O.C=O.CC(C)P(C(C)C)C(C)C.[Ru]. The smallest absolute Gasteiger partial charge is 0.106 e. The van der Waals surface area contributed by atoms with Crippen molar-refractivity contribution in [3.05, 3.63) is 0 Å². The Balaban J connectivity index is -0.0000000401. The van der Waals surface area contributed by atoms with Crippen LogP contribution in [0.5, 0.6) is 0 Å². The number of carbonyl (C=O) groups is 4. The van der Waals surface area contributed by atoms with Crippen LogP contribution >= 0.6 is 7.92 Å². The number of hydrogen-bond acceptors (Lipinski definition) is 4. The third-order valence-electron chi connectivity index (χ3n) is 1.79. The summed E-state index contributed by atoms with van der Waals surface area (Å²) >= 11 is 0. The summed E-state index contributed by atoms with van der Waals surface area (Å²) in [5.74, 6) is 0. The summed E-state index contributed by atoms with van der Waals surface area (Å²) in [5, 5.41) is 0. The van der Waals surface area contributed by atoms with Crippen molar-refractivity contribution in [3.8, 4) is 0 Å². The summed E-state index contributed by atoms with van der Waals surface area (Å²) in [6, 6.07) is 0. The van der Waals surface area contributed by atoms with Gasteiger partial charge in [-0.2, -0.15) is 0 Å². The molecule has 0 N–H and O–H groups in total. The molecule has 0 saturated heterocycles. The molecule has 0 aromatic carbocycles. The molecule has 0 saturated carbocycles. The van der Waals surface area contributed by atoms with Gasteiger partial charge in [-0.15, -0.1) is 0 Å². The quantitative estimate of drug-likeness (QED) is 0.557. The normalized spacial score (nSPS) is 7.47. The van der Waals surface area contributed by atoms with E-state index in [1.165, 1.54) is 0 Å². The topological polar surface area (TPSA) is 68.3 Å². The van der Waals surface area contributed by atoms with Gasteiger partial charge in [0.05, 0.1) is 0 Å². The van der Waals surface area contributed by atoms with Crippen molar-refractivity contribution in [1.82, 2.24) is 0 Å². The van der Waals surface area contributed by atoms with Gasteiger partial charge >= 0.3 is 0 Å². The molecule has 6 heteroatoms. The first kappa shape index (κ1) is 36.3. The van der Waals surface area contributed by atoms with Crippen molar-refractivity contribution in [1.29, 1.82) is 0 Å². The van der Waals surface area contributed by atoms with E-state index in [0.717, 1.165) is 17.0 Å². The number of hydrogen-bond donors (Lipinski definition) is 0. The average molecular weight is 381 g/mol. The van der Waals surface area contributed by atoms with Crippen LogP contribution in [0, 0.1) is 0 Å². The predicted molar refractivity (Wildman–Crippen MR) is 80.8 cm³/mol. The zero-order valence-electron chi connectivity index (χ0n) is 13.0. The fraction of sp³-hybridized carbons (Fsp3) is 0.692. The zero-order chi connectivity index (χ0) is 16.3. The van der Waals surface area contributed by atoms with Gasteiger partial charge in [0.2, 0.25) is 0 Å². The van der Waals surface area contributed by atoms with Gasteiger partial charge in [-0.3, -0.25) is 0 Å². The van der Waals surface area contributed by atoms with Crippen LogP contribution in [0.2, 0.25) is 0 Å². The molecule has 0 atom stereocenters. The predicted octanol–water partition coefficient (Wildman–Crippen LogP) is 2.95. The Bertz CT molecular complexity index is 120. The van der Waals surface area contributed by atoms with E-state index in [1.54, 1.807) is 0 Å². The van der Waals surface area contributed by atoms with E-state index in [-0.39, 0.29) is 27.4 Å². The minimum absolute atomic E-state index is 0. The van der Waals surface area contributed by atoms with Crippen molar-refractivity contribution in [2.24, 2.45) is 0 Å². The molecule has 0 amide bonds.